The van der Waals surface area contributed by atoms with Gasteiger partial charge in [-0.15, -0.1) is 24.0 Å². The van der Waals surface area contributed by atoms with E-state index in [-0.39, 0.29) is 24.0 Å². The van der Waals surface area contributed by atoms with Gasteiger partial charge in [-0.2, -0.15) is 0 Å². The standard InChI is InChI=1S/C10H13NSe.HI/c1-7-4-5-10-9(6-7)11(3)8(2)12-10;/h4-6,8H,1-3H3;1H. The van der Waals surface area contributed by atoms with Crippen LogP contribution in [0.15, 0.2) is 18.2 Å². The van der Waals surface area contributed by atoms with Gasteiger partial charge in [-0.05, 0) is 0 Å². The molecule has 0 saturated heterocycles. The van der Waals surface area contributed by atoms with Crippen LogP contribution in [0.2, 0.25) is 0 Å². The zero-order valence-electron chi connectivity index (χ0n) is 8.07. The third-order valence-electron chi connectivity index (χ3n) is 2.34. The molecule has 1 aromatic rings. The predicted octanol–water partition coefficient (Wildman–Crippen LogP) is 1.74. The Bertz CT molecular complexity index is 314. The van der Waals surface area contributed by atoms with Gasteiger partial charge in [0.1, 0.15) is 0 Å². The third kappa shape index (κ3) is 2.03. The van der Waals surface area contributed by atoms with Crippen molar-refractivity contribution >= 4 is 49.1 Å². The quantitative estimate of drug-likeness (QED) is 0.507. The Kier molecular flexibility index (Phi) is 3.66. The molecule has 0 aliphatic carbocycles. The van der Waals surface area contributed by atoms with Crippen molar-refractivity contribution in [2.45, 2.75) is 18.8 Å². The molecule has 0 aromatic heterocycles. The van der Waals surface area contributed by atoms with Gasteiger partial charge in [0.2, 0.25) is 0 Å². The molecule has 3 heteroatoms. The largest absolute Gasteiger partial charge is 0.107 e. The van der Waals surface area contributed by atoms with Crippen LogP contribution in [0.3, 0.4) is 0 Å². The molecular weight excluding hydrogens is 340 g/mol. The first kappa shape index (κ1) is 11.3. The Morgan fingerprint density at radius 1 is 1.38 bits per heavy atom. The molecule has 0 saturated carbocycles. The molecule has 1 aliphatic rings. The van der Waals surface area contributed by atoms with Gasteiger partial charge in [-0.3, -0.25) is 0 Å². The summed E-state index contributed by atoms with van der Waals surface area (Å²) in [6.07, 6.45) is 0. The molecule has 1 heterocycles. The number of aryl methyl sites for hydroxylation is 1. The van der Waals surface area contributed by atoms with Gasteiger partial charge in [0.05, 0.1) is 0 Å². The van der Waals surface area contributed by atoms with E-state index in [1.807, 2.05) is 0 Å². The fourth-order valence-corrected chi connectivity index (χ4v) is 3.79. The van der Waals surface area contributed by atoms with Crippen LogP contribution in [0.5, 0.6) is 0 Å². The minimum Gasteiger partial charge on any atom is -0.107 e. The maximum Gasteiger partial charge on any atom is -0.107 e. The second kappa shape index (κ2) is 4.20. The third-order valence-corrected chi connectivity index (χ3v) is 4.97. The minimum atomic E-state index is 0. The minimum absolute atomic E-state index is 0. The van der Waals surface area contributed by atoms with Gasteiger partial charge in [0, 0.05) is 0 Å². The number of rotatable bonds is 0. The van der Waals surface area contributed by atoms with Gasteiger partial charge >= 0.3 is 79.6 Å². The van der Waals surface area contributed by atoms with E-state index in [0.717, 1.165) is 4.94 Å². The Morgan fingerprint density at radius 3 is 2.77 bits per heavy atom. The van der Waals surface area contributed by atoms with E-state index < -0.39 is 0 Å². The average Bonchev–Trinajstić information content (AvgIpc) is 2.31. The number of halogens is 1. The summed E-state index contributed by atoms with van der Waals surface area (Å²) in [4.78, 5) is 3.12. The van der Waals surface area contributed by atoms with Gasteiger partial charge < -0.3 is 0 Å². The summed E-state index contributed by atoms with van der Waals surface area (Å²) < 4.78 is 1.56. The fraction of sp³-hybridized carbons (Fsp3) is 0.400. The van der Waals surface area contributed by atoms with E-state index in [0.29, 0.717) is 15.0 Å². The van der Waals surface area contributed by atoms with Gasteiger partial charge in [-0.1, -0.05) is 0 Å². The molecule has 0 N–H and O–H groups in total. The van der Waals surface area contributed by atoms with Crippen LogP contribution in [0.25, 0.3) is 0 Å². The van der Waals surface area contributed by atoms with Crippen molar-refractivity contribution in [3.8, 4) is 0 Å². The molecule has 1 aromatic carbocycles. The summed E-state index contributed by atoms with van der Waals surface area (Å²) in [5, 5.41) is 0. The molecule has 1 aliphatic heterocycles. The first-order valence-corrected chi connectivity index (χ1v) is 6.03. The molecule has 72 valence electrons. The molecule has 2 rings (SSSR count). The molecule has 1 atom stereocenters. The van der Waals surface area contributed by atoms with Gasteiger partial charge in [0.25, 0.3) is 0 Å². The van der Waals surface area contributed by atoms with E-state index in [1.54, 1.807) is 4.46 Å². The molecule has 1 nitrogen and oxygen atoms in total. The van der Waals surface area contributed by atoms with Gasteiger partial charge in [0.15, 0.2) is 0 Å². The number of benzene rings is 1. The van der Waals surface area contributed by atoms with Crippen LogP contribution in [0.4, 0.5) is 5.69 Å². The Morgan fingerprint density at radius 2 is 2.08 bits per heavy atom. The van der Waals surface area contributed by atoms with Crippen LogP contribution in [-0.4, -0.2) is 26.9 Å². The number of nitrogens with zero attached hydrogens (tertiary/aromatic N) is 1. The smallest absolute Gasteiger partial charge is 0.107 e. The van der Waals surface area contributed by atoms with Crippen molar-refractivity contribution < 1.29 is 0 Å². The molecule has 13 heavy (non-hydrogen) atoms. The van der Waals surface area contributed by atoms with Crippen LogP contribution < -0.4 is 9.36 Å². The zero-order chi connectivity index (χ0) is 8.72. The number of hydrogen-bond acceptors (Lipinski definition) is 1. The Hall–Kier alpha value is 0.269. The number of fused-ring (bicyclic) bond motifs is 1. The van der Waals surface area contributed by atoms with E-state index in [9.17, 15) is 0 Å². The summed E-state index contributed by atoms with van der Waals surface area (Å²) in [6.45, 7) is 4.46. The second-order valence-corrected chi connectivity index (χ2v) is 6.15. The van der Waals surface area contributed by atoms with Crippen LogP contribution in [0.1, 0.15) is 12.5 Å². The molecule has 0 spiro atoms. The van der Waals surface area contributed by atoms with Crippen molar-refractivity contribution in [3.05, 3.63) is 23.8 Å². The predicted molar refractivity (Wildman–Crippen MR) is 69.8 cm³/mol. The Balaban J connectivity index is 0.000000845. The maximum absolute atomic E-state index is 2.39. The van der Waals surface area contributed by atoms with Crippen molar-refractivity contribution in [1.29, 1.82) is 0 Å². The fourth-order valence-electron chi connectivity index (χ4n) is 1.46. The first-order chi connectivity index (χ1) is 5.68. The van der Waals surface area contributed by atoms with E-state index in [4.69, 9.17) is 0 Å². The molecule has 0 fully saturated rings. The van der Waals surface area contributed by atoms with E-state index in [2.05, 4.69) is 44.0 Å². The summed E-state index contributed by atoms with van der Waals surface area (Å²) in [6, 6.07) is 6.79. The average molecular weight is 354 g/mol. The number of anilines is 1. The first-order valence-electron chi connectivity index (χ1n) is 4.18. The normalized spacial score (nSPS) is 19.6. The SMILES string of the molecule is Cc1ccc2c(c1)N(C)C(C)[Se]2.I. The van der Waals surface area contributed by atoms with Crippen LogP contribution in [0, 0.1) is 6.92 Å². The molecule has 0 radical (unpaired) electrons. The maximum atomic E-state index is 2.39. The van der Waals surface area contributed by atoms with Crippen molar-refractivity contribution in [2.24, 2.45) is 0 Å². The Labute approximate surface area is 103 Å². The van der Waals surface area contributed by atoms with E-state index in [1.165, 1.54) is 11.3 Å². The van der Waals surface area contributed by atoms with E-state index >= 15 is 0 Å². The summed E-state index contributed by atoms with van der Waals surface area (Å²) >= 11 is 0.651. The summed E-state index contributed by atoms with van der Waals surface area (Å²) in [5.74, 6) is 0. The zero-order valence-corrected chi connectivity index (χ0v) is 12.1. The monoisotopic (exact) mass is 355 g/mol. The van der Waals surface area contributed by atoms with Gasteiger partial charge in [-0.25, -0.2) is 0 Å². The van der Waals surface area contributed by atoms with Crippen LogP contribution >= 0.6 is 24.0 Å². The van der Waals surface area contributed by atoms with Crippen molar-refractivity contribution in [1.82, 2.24) is 0 Å². The molecule has 0 amide bonds. The van der Waals surface area contributed by atoms with Crippen molar-refractivity contribution in [3.63, 3.8) is 0 Å². The second-order valence-electron chi connectivity index (χ2n) is 3.30. The summed E-state index contributed by atoms with van der Waals surface area (Å²) in [5.41, 5.74) is 2.81. The van der Waals surface area contributed by atoms with Crippen LogP contribution in [-0.2, 0) is 0 Å². The topological polar surface area (TPSA) is 3.24 Å². The van der Waals surface area contributed by atoms with Crippen molar-refractivity contribution in [2.75, 3.05) is 11.9 Å². The molecular formula is C10H14INSe. The molecule has 1 unspecified atom stereocenters. The number of hydrogen-bond donors (Lipinski definition) is 0. The summed E-state index contributed by atoms with van der Waals surface area (Å²) in [7, 11) is 2.19. The molecule has 0 bridgehead atoms.